The highest BCUT2D eigenvalue weighted by Crippen LogP contribution is 2.52. The molecule has 2 bridgehead atoms. The Labute approximate surface area is 217 Å². The Kier molecular flexibility index (Phi) is 6.66. The van der Waals surface area contributed by atoms with Gasteiger partial charge >= 0.3 is 11.7 Å². The first-order valence-corrected chi connectivity index (χ1v) is 12.3. The van der Waals surface area contributed by atoms with Gasteiger partial charge in [0.2, 0.25) is 5.75 Å². The Morgan fingerprint density at radius 1 is 1.05 bits per heavy atom. The fraction of sp³-hybridized carbons (Fsp3) is 0.333. The van der Waals surface area contributed by atoms with Crippen LogP contribution in [0.5, 0.6) is 17.2 Å². The highest BCUT2D eigenvalue weighted by Gasteiger charge is 2.59. The van der Waals surface area contributed by atoms with Gasteiger partial charge in [-0.15, -0.1) is 0 Å². The van der Waals surface area contributed by atoms with Crippen LogP contribution in [0.3, 0.4) is 0 Å². The molecule has 1 saturated heterocycles. The van der Waals surface area contributed by atoms with Crippen LogP contribution in [0.2, 0.25) is 0 Å². The molecule has 2 aromatic carbocycles. The fourth-order valence-electron chi connectivity index (χ4n) is 5.35. The number of hydrazone groups is 1. The molecular weight excluding hydrogens is 494 g/mol. The number of nitrogens with zero attached hydrogens (tertiary/aromatic N) is 3. The Hall–Kier alpha value is -4.54. The molecule has 0 radical (unpaired) electrons. The van der Waals surface area contributed by atoms with Gasteiger partial charge in [-0.25, -0.2) is 4.79 Å². The minimum atomic E-state index is -0.872. The molecule has 2 aromatic rings. The maximum atomic E-state index is 13.0. The molecule has 0 aromatic heterocycles. The van der Waals surface area contributed by atoms with Gasteiger partial charge in [0.05, 0.1) is 41.8 Å². The van der Waals surface area contributed by atoms with E-state index < -0.39 is 40.2 Å². The molecule has 11 nitrogen and oxygen atoms in total. The molecule has 2 fully saturated rings. The summed E-state index contributed by atoms with van der Waals surface area (Å²) < 4.78 is 16.5. The summed E-state index contributed by atoms with van der Waals surface area (Å²) >= 11 is 0. The lowest BCUT2D eigenvalue weighted by Gasteiger charge is -2.13. The van der Waals surface area contributed by atoms with E-state index >= 15 is 0 Å². The second-order valence-electron chi connectivity index (χ2n) is 9.10. The predicted molar refractivity (Wildman–Crippen MR) is 134 cm³/mol. The zero-order chi connectivity index (χ0) is 27.0. The number of esters is 1. The number of nitro groups is 1. The van der Waals surface area contributed by atoms with E-state index in [0.29, 0.717) is 24.7 Å². The van der Waals surface area contributed by atoms with Crippen LogP contribution < -0.4 is 14.2 Å². The van der Waals surface area contributed by atoms with Crippen LogP contribution in [0.25, 0.3) is 0 Å². The Balaban J connectivity index is 1.43. The van der Waals surface area contributed by atoms with Crippen molar-refractivity contribution < 1.29 is 33.5 Å². The monoisotopic (exact) mass is 519 g/mol. The molecule has 2 aliphatic carbocycles. The maximum absolute atomic E-state index is 13.0. The number of carbonyl (C=O) groups excluding carboxylic acids is 3. The number of hydrogen-bond acceptors (Lipinski definition) is 9. The molecular formula is C27H25N3O8. The van der Waals surface area contributed by atoms with Crippen molar-refractivity contribution in [3.05, 3.63) is 69.8 Å². The van der Waals surface area contributed by atoms with Gasteiger partial charge in [0, 0.05) is 11.6 Å². The Bertz CT molecular complexity index is 1350. The third kappa shape index (κ3) is 4.29. The molecule has 3 aliphatic rings. The number of imide groups is 1. The van der Waals surface area contributed by atoms with Gasteiger partial charge < -0.3 is 14.2 Å². The van der Waals surface area contributed by atoms with Crippen molar-refractivity contribution in [2.45, 2.75) is 20.3 Å². The number of fused-ring (bicyclic) bond motifs is 5. The normalized spacial score (nSPS) is 23.3. The van der Waals surface area contributed by atoms with E-state index in [1.807, 2.05) is 19.1 Å². The summed E-state index contributed by atoms with van der Waals surface area (Å²) in [6.45, 7) is 4.32. The van der Waals surface area contributed by atoms with Crippen LogP contribution in [-0.4, -0.2) is 47.1 Å². The van der Waals surface area contributed by atoms with Crippen molar-refractivity contribution in [1.82, 2.24) is 5.01 Å². The summed E-state index contributed by atoms with van der Waals surface area (Å²) in [5, 5.41) is 16.6. The van der Waals surface area contributed by atoms with Crippen molar-refractivity contribution in [3.8, 4) is 17.2 Å². The number of para-hydroxylation sites is 1. The van der Waals surface area contributed by atoms with Crippen molar-refractivity contribution >= 4 is 29.7 Å². The fourth-order valence-corrected chi connectivity index (χ4v) is 5.35. The van der Waals surface area contributed by atoms with Crippen LogP contribution in [0.4, 0.5) is 5.69 Å². The summed E-state index contributed by atoms with van der Waals surface area (Å²) in [4.78, 5) is 49.9. The van der Waals surface area contributed by atoms with Gasteiger partial charge in [0.1, 0.15) is 0 Å². The summed E-state index contributed by atoms with van der Waals surface area (Å²) in [7, 11) is 0. The second-order valence-corrected chi connectivity index (χ2v) is 9.10. The predicted octanol–water partition coefficient (Wildman–Crippen LogP) is 3.75. The topological polar surface area (TPSA) is 138 Å². The van der Waals surface area contributed by atoms with E-state index in [4.69, 9.17) is 14.2 Å². The second kappa shape index (κ2) is 10.1. The lowest BCUT2D eigenvalue weighted by Crippen LogP contribution is -2.28. The smallest absolute Gasteiger partial charge is 0.343 e. The Morgan fingerprint density at radius 2 is 1.71 bits per heavy atom. The SMILES string of the molecule is CCOc1ccc(C(=O)Oc2c(C=NN3C(=O)[C@@H]4[C@H](C3=O)[C@H]3C=C[C@H]4C3)cccc2[N+](=O)[O-])cc1OCC. The number of rotatable bonds is 9. The number of carbonyl (C=O) groups is 3. The molecule has 1 aliphatic heterocycles. The van der Waals surface area contributed by atoms with E-state index in [1.165, 1.54) is 30.3 Å². The third-order valence-electron chi connectivity index (χ3n) is 6.95. The van der Waals surface area contributed by atoms with Crippen molar-refractivity contribution in [2.75, 3.05) is 13.2 Å². The molecule has 11 heteroatoms. The van der Waals surface area contributed by atoms with Crippen LogP contribution in [0.15, 0.2) is 53.7 Å². The third-order valence-corrected chi connectivity index (χ3v) is 6.95. The number of amides is 2. The van der Waals surface area contributed by atoms with E-state index in [2.05, 4.69) is 5.10 Å². The molecule has 5 rings (SSSR count). The minimum Gasteiger partial charge on any atom is -0.490 e. The quantitative estimate of drug-likeness (QED) is 0.0929. The molecule has 0 unspecified atom stereocenters. The van der Waals surface area contributed by atoms with Crippen LogP contribution >= 0.6 is 0 Å². The summed E-state index contributed by atoms with van der Waals surface area (Å²) in [5.74, 6) is -2.08. The standard InChI is InChI=1S/C27H25N3O8/c1-3-36-20-11-10-17(13-21(20)37-4-2)27(33)38-24-18(6-5-7-19(24)30(34)35)14-28-29-25(31)22-15-8-9-16(12-15)23(22)26(29)32/h5-11,13-16,22-23H,3-4,12H2,1-2H3/t15-,16-,22-,23+/m0/s1. The molecule has 4 atom stereocenters. The first-order chi connectivity index (χ1) is 18.3. The summed E-state index contributed by atoms with van der Waals surface area (Å²) in [6.07, 6.45) is 5.86. The number of allylic oxidation sites excluding steroid dienone is 2. The number of hydrogen-bond donors (Lipinski definition) is 0. The highest BCUT2D eigenvalue weighted by molar-refractivity contribution is 6.07. The zero-order valence-electron chi connectivity index (χ0n) is 20.7. The Morgan fingerprint density at radius 3 is 2.34 bits per heavy atom. The molecule has 1 saturated carbocycles. The minimum absolute atomic E-state index is 0.0201. The first-order valence-electron chi connectivity index (χ1n) is 12.3. The zero-order valence-corrected chi connectivity index (χ0v) is 20.7. The van der Waals surface area contributed by atoms with Gasteiger partial charge in [0.25, 0.3) is 11.8 Å². The van der Waals surface area contributed by atoms with Crippen molar-refractivity contribution in [2.24, 2.45) is 28.8 Å². The number of ether oxygens (including phenoxy) is 3. The van der Waals surface area contributed by atoms with Gasteiger partial charge in [-0.1, -0.05) is 18.2 Å². The average Bonchev–Trinajstić information content (AvgIpc) is 3.58. The largest absolute Gasteiger partial charge is 0.490 e. The van der Waals surface area contributed by atoms with E-state index in [1.54, 1.807) is 13.0 Å². The van der Waals surface area contributed by atoms with Crippen molar-refractivity contribution in [1.29, 1.82) is 0 Å². The van der Waals surface area contributed by atoms with Gasteiger partial charge in [-0.3, -0.25) is 19.7 Å². The van der Waals surface area contributed by atoms with Crippen molar-refractivity contribution in [3.63, 3.8) is 0 Å². The van der Waals surface area contributed by atoms with Gasteiger partial charge in [-0.05, 0) is 56.4 Å². The lowest BCUT2D eigenvalue weighted by molar-refractivity contribution is -0.385. The molecule has 196 valence electrons. The van der Waals surface area contributed by atoms with E-state index in [9.17, 15) is 24.5 Å². The van der Waals surface area contributed by atoms with E-state index in [0.717, 1.165) is 17.6 Å². The van der Waals surface area contributed by atoms with Gasteiger partial charge in [0.15, 0.2) is 11.5 Å². The van der Waals surface area contributed by atoms with Crippen LogP contribution in [0.1, 0.15) is 36.2 Å². The van der Waals surface area contributed by atoms with Crippen LogP contribution in [0, 0.1) is 33.8 Å². The molecule has 0 spiro atoms. The van der Waals surface area contributed by atoms with E-state index in [-0.39, 0.29) is 28.7 Å². The average molecular weight is 520 g/mol. The number of benzene rings is 2. The summed E-state index contributed by atoms with van der Waals surface area (Å²) in [5.41, 5.74) is -0.336. The molecule has 38 heavy (non-hydrogen) atoms. The molecule has 2 amide bonds. The number of nitro benzene ring substituents is 1. The lowest BCUT2D eigenvalue weighted by atomic mass is 9.85. The molecule has 1 heterocycles. The highest BCUT2D eigenvalue weighted by atomic mass is 16.6. The van der Waals surface area contributed by atoms with Crippen LogP contribution in [-0.2, 0) is 9.59 Å². The molecule has 0 N–H and O–H groups in total. The summed E-state index contributed by atoms with van der Waals surface area (Å²) in [6, 6.07) is 8.47. The van der Waals surface area contributed by atoms with Gasteiger partial charge in [-0.2, -0.15) is 10.1 Å². The first kappa shape index (κ1) is 25.1. The maximum Gasteiger partial charge on any atom is 0.343 e.